The molecular weight excluding hydrogens is 330 g/mol. The Morgan fingerprint density at radius 1 is 1.35 bits per heavy atom. The first-order valence-electron chi connectivity index (χ1n) is 8.35. The van der Waals surface area contributed by atoms with Gasteiger partial charge >= 0.3 is 0 Å². The Hall–Kier alpha value is -3.13. The van der Waals surface area contributed by atoms with Crippen molar-refractivity contribution in [1.29, 1.82) is 5.41 Å². The van der Waals surface area contributed by atoms with Crippen LogP contribution in [0.1, 0.15) is 16.8 Å². The SMILES string of the molecule is CN=CC(=CN)c1ccc(N)c(C(=N)c2cc(N3CCOCC3)n[nH]2)c1. The fourth-order valence-corrected chi connectivity index (χ4v) is 2.84. The molecule has 0 radical (unpaired) electrons. The van der Waals surface area contributed by atoms with Crippen LogP contribution in [0.5, 0.6) is 0 Å². The molecule has 136 valence electrons. The second kappa shape index (κ2) is 7.83. The smallest absolute Gasteiger partial charge is 0.151 e. The van der Waals surface area contributed by atoms with Gasteiger partial charge in [0.2, 0.25) is 0 Å². The molecular formula is C18H23N7O. The summed E-state index contributed by atoms with van der Waals surface area (Å²) in [4.78, 5) is 6.13. The molecule has 3 rings (SSSR count). The lowest BCUT2D eigenvalue weighted by Crippen LogP contribution is -2.36. The Balaban J connectivity index is 1.89. The average molecular weight is 353 g/mol. The van der Waals surface area contributed by atoms with E-state index < -0.39 is 0 Å². The Morgan fingerprint density at radius 2 is 2.12 bits per heavy atom. The van der Waals surface area contributed by atoms with Gasteiger partial charge in [0.1, 0.15) is 0 Å². The van der Waals surface area contributed by atoms with Gasteiger partial charge in [-0.05, 0) is 17.7 Å². The van der Waals surface area contributed by atoms with Crippen molar-refractivity contribution in [2.24, 2.45) is 10.7 Å². The Bertz CT molecular complexity index is 847. The van der Waals surface area contributed by atoms with Crippen molar-refractivity contribution in [3.8, 4) is 0 Å². The lowest BCUT2D eigenvalue weighted by atomic mass is 9.99. The molecule has 1 aliphatic rings. The second-order valence-corrected chi connectivity index (χ2v) is 5.93. The van der Waals surface area contributed by atoms with E-state index in [1.807, 2.05) is 18.2 Å². The lowest BCUT2D eigenvalue weighted by Gasteiger charge is -2.26. The number of aliphatic imine (C=N–C) groups is 1. The number of hydrogen-bond acceptors (Lipinski definition) is 7. The number of nitrogens with two attached hydrogens (primary N) is 2. The number of morpholine rings is 1. The van der Waals surface area contributed by atoms with E-state index in [4.69, 9.17) is 21.6 Å². The quantitative estimate of drug-likeness (QED) is 0.475. The zero-order chi connectivity index (χ0) is 18.5. The summed E-state index contributed by atoms with van der Waals surface area (Å²) in [5, 5.41) is 15.8. The Labute approximate surface area is 152 Å². The molecule has 1 aromatic heterocycles. The largest absolute Gasteiger partial charge is 0.404 e. The summed E-state index contributed by atoms with van der Waals surface area (Å²) < 4.78 is 5.36. The summed E-state index contributed by atoms with van der Waals surface area (Å²) in [6, 6.07) is 7.34. The normalized spacial score (nSPS) is 15.6. The molecule has 6 N–H and O–H groups in total. The van der Waals surface area contributed by atoms with Gasteiger partial charge in [-0.15, -0.1) is 0 Å². The standard InChI is InChI=1S/C18H23N7O/c1-22-11-13(10-19)12-2-3-15(20)14(8-12)18(21)16-9-17(24-23-16)25-4-6-26-7-5-25/h2-3,8-11,21H,4-7,19-20H2,1H3,(H,23,24). The highest BCUT2D eigenvalue weighted by Gasteiger charge is 2.17. The van der Waals surface area contributed by atoms with Crippen molar-refractivity contribution in [3.63, 3.8) is 0 Å². The lowest BCUT2D eigenvalue weighted by molar-refractivity contribution is 0.122. The number of ether oxygens (including phenoxy) is 1. The van der Waals surface area contributed by atoms with Crippen LogP contribution in [0.4, 0.5) is 11.5 Å². The maximum absolute atomic E-state index is 8.56. The van der Waals surface area contributed by atoms with Crippen LogP contribution in [0.15, 0.2) is 35.5 Å². The van der Waals surface area contributed by atoms with Gasteiger partial charge < -0.3 is 21.1 Å². The summed E-state index contributed by atoms with van der Waals surface area (Å²) in [6.45, 7) is 2.94. The van der Waals surface area contributed by atoms with Crippen molar-refractivity contribution in [3.05, 3.63) is 47.3 Å². The molecule has 0 amide bonds. The molecule has 26 heavy (non-hydrogen) atoms. The molecule has 1 fully saturated rings. The van der Waals surface area contributed by atoms with Gasteiger partial charge in [0, 0.05) is 55.4 Å². The van der Waals surface area contributed by atoms with Crippen LogP contribution >= 0.6 is 0 Å². The maximum atomic E-state index is 8.56. The molecule has 1 aromatic carbocycles. The molecule has 2 heterocycles. The number of benzene rings is 1. The van der Waals surface area contributed by atoms with Crippen LogP contribution in [-0.4, -0.2) is 55.5 Å². The van der Waals surface area contributed by atoms with E-state index in [-0.39, 0.29) is 5.71 Å². The van der Waals surface area contributed by atoms with E-state index in [0.29, 0.717) is 30.2 Å². The summed E-state index contributed by atoms with van der Waals surface area (Å²) in [6.07, 6.45) is 3.16. The number of allylic oxidation sites excluding steroid dienone is 1. The summed E-state index contributed by atoms with van der Waals surface area (Å²) in [5.74, 6) is 0.809. The first kappa shape index (κ1) is 17.7. The minimum Gasteiger partial charge on any atom is -0.404 e. The van der Waals surface area contributed by atoms with Gasteiger partial charge in [0.25, 0.3) is 0 Å². The zero-order valence-electron chi connectivity index (χ0n) is 14.7. The predicted molar refractivity (Wildman–Crippen MR) is 105 cm³/mol. The van der Waals surface area contributed by atoms with Gasteiger partial charge in [-0.25, -0.2) is 0 Å². The maximum Gasteiger partial charge on any atom is 0.151 e. The molecule has 0 bridgehead atoms. The summed E-state index contributed by atoms with van der Waals surface area (Å²) in [5.41, 5.74) is 15.4. The molecule has 1 saturated heterocycles. The van der Waals surface area contributed by atoms with Gasteiger partial charge in [-0.3, -0.25) is 15.5 Å². The van der Waals surface area contributed by atoms with Crippen LogP contribution in [0.25, 0.3) is 5.57 Å². The van der Waals surface area contributed by atoms with Crippen molar-refractivity contribution in [1.82, 2.24) is 10.2 Å². The fraction of sp³-hybridized carbons (Fsp3) is 0.278. The second-order valence-electron chi connectivity index (χ2n) is 5.93. The fourth-order valence-electron chi connectivity index (χ4n) is 2.84. The first-order valence-corrected chi connectivity index (χ1v) is 8.35. The Kier molecular flexibility index (Phi) is 5.33. The average Bonchev–Trinajstić information content (AvgIpc) is 3.17. The Morgan fingerprint density at radius 3 is 2.81 bits per heavy atom. The monoisotopic (exact) mass is 353 g/mol. The van der Waals surface area contributed by atoms with E-state index in [1.54, 1.807) is 19.3 Å². The minimum absolute atomic E-state index is 0.279. The molecule has 2 aromatic rings. The van der Waals surface area contributed by atoms with Crippen LogP contribution in [-0.2, 0) is 4.74 Å². The molecule has 1 aliphatic heterocycles. The topological polar surface area (TPSA) is 129 Å². The van der Waals surface area contributed by atoms with Crippen molar-refractivity contribution in [2.75, 3.05) is 44.0 Å². The van der Waals surface area contributed by atoms with E-state index in [0.717, 1.165) is 30.0 Å². The van der Waals surface area contributed by atoms with Crippen LogP contribution < -0.4 is 16.4 Å². The van der Waals surface area contributed by atoms with Crippen LogP contribution in [0, 0.1) is 5.41 Å². The van der Waals surface area contributed by atoms with Gasteiger partial charge in [-0.1, -0.05) is 6.07 Å². The van der Waals surface area contributed by atoms with Gasteiger partial charge in [-0.2, -0.15) is 5.10 Å². The number of nitrogens with one attached hydrogen (secondary N) is 2. The number of H-pyrrole nitrogens is 1. The molecule has 0 spiro atoms. The number of aromatic nitrogens is 2. The zero-order valence-corrected chi connectivity index (χ0v) is 14.7. The van der Waals surface area contributed by atoms with E-state index in [9.17, 15) is 0 Å². The minimum atomic E-state index is 0.279. The van der Waals surface area contributed by atoms with Crippen LogP contribution in [0.3, 0.4) is 0 Å². The van der Waals surface area contributed by atoms with Gasteiger partial charge in [0.15, 0.2) is 5.82 Å². The highest BCUT2D eigenvalue weighted by molar-refractivity contribution is 6.15. The third-order valence-corrected chi connectivity index (χ3v) is 4.27. The first-order chi connectivity index (χ1) is 12.6. The summed E-state index contributed by atoms with van der Waals surface area (Å²) in [7, 11) is 1.68. The molecule has 8 nitrogen and oxygen atoms in total. The molecule has 0 saturated carbocycles. The number of rotatable bonds is 5. The number of nitrogen functional groups attached to an aromatic ring is 1. The third-order valence-electron chi connectivity index (χ3n) is 4.27. The third kappa shape index (κ3) is 3.60. The molecule has 0 unspecified atom stereocenters. The molecule has 8 heteroatoms. The summed E-state index contributed by atoms with van der Waals surface area (Å²) >= 11 is 0. The molecule has 0 atom stereocenters. The number of hydrogen-bond donors (Lipinski definition) is 4. The van der Waals surface area contributed by atoms with E-state index in [1.165, 1.54) is 6.20 Å². The number of nitrogens with zero attached hydrogens (tertiary/aromatic N) is 3. The highest BCUT2D eigenvalue weighted by Crippen LogP contribution is 2.23. The molecule has 0 aliphatic carbocycles. The van der Waals surface area contributed by atoms with E-state index >= 15 is 0 Å². The van der Waals surface area contributed by atoms with Crippen LogP contribution in [0.2, 0.25) is 0 Å². The highest BCUT2D eigenvalue weighted by atomic mass is 16.5. The van der Waals surface area contributed by atoms with E-state index in [2.05, 4.69) is 20.1 Å². The van der Waals surface area contributed by atoms with Crippen molar-refractivity contribution >= 4 is 29.0 Å². The number of anilines is 2. The number of aromatic amines is 1. The van der Waals surface area contributed by atoms with Crippen molar-refractivity contribution in [2.45, 2.75) is 0 Å². The predicted octanol–water partition coefficient (Wildman–Crippen LogP) is 1.24. The van der Waals surface area contributed by atoms with Gasteiger partial charge in [0.05, 0.1) is 24.6 Å². The van der Waals surface area contributed by atoms with Crippen molar-refractivity contribution < 1.29 is 4.74 Å².